The van der Waals surface area contributed by atoms with E-state index < -0.39 is 11.8 Å². The van der Waals surface area contributed by atoms with Crippen molar-refractivity contribution < 1.29 is 14.4 Å². The highest BCUT2D eigenvalue weighted by Gasteiger charge is 2.20. The van der Waals surface area contributed by atoms with Crippen LogP contribution in [-0.4, -0.2) is 27.7 Å². The average Bonchev–Trinajstić information content (AvgIpc) is 3.10. The molecule has 160 valence electrons. The number of fused-ring (bicyclic) bond motifs is 3. The quantitative estimate of drug-likeness (QED) is 0.458. The number of anilines is 1. The molecule has 0 radical (unpaired) electrons. The standard InChI is InChI=1S/C21H21N5O4S/c22-18(28)10-7-11(19(23)29)9-12(8-10)24-16(27)6-5-15-25-20(30)17-13-3-1-2-4-14(13)31-21(17)26-15/h7-9H,1-6H2,(H2,22,28)(H2,23,29)(H,24,27)(H,25,26,30). The number of aromatic amines is 1. The molecule has 3 aromatic rings. The molecule has 0 unspecified atom stereocenters. The fraction of sp³-hybridized carbons (Fsp3) is 0.286. The number of thiophene rings is 1. The van der Waals surface area contributed by atoms with Crippen molar-refractivity contribution in [3.05, 3.63) is 55.9 Å². The molecule has 10 heteroatoms. The van der Waals surface area contributed by atoms with Crippen LogP contribution >= 0.6 is 11.3 Å². The molecule has 4 rings (SSSR count). The van der Waals surface area contributed by atoms with Crippen LogP contribution in [0.3, 0.4) is 0 Å². The van der Waals surface area contributed by atoms with E-state index in [9.17, 15) is 19.2 Å². The number of primary amides is 2. The number of amides is 3. The van der Waals surface area contributed by atoms with Gasteiger partial charge in [-0.1, -0.05) is 0 Å². The molecule has 6 N–H and O–H groups in total. The van der Waals surface area contributed by atoms with Crippen LogP contribution in [0.15, 0.2) is 23.0 Å². The van der Waals surface area contributed by atoms with Gasteiger partial charge in [0.15, 0.2) is 0 Å². The topological polar surface area (TPSA) is 161 Å². The SMILES string of the molecule is NC(=O)c1cc(NC(=O)CCc2nc3sc4c(c3c(=O)[nH]2)CCCC4)cc(C(N)=O)c1. The smallest absolute Gasteiger partial charge is 0.259 e. The molecule has 0 aliphatic heterocycles. The summed E-state index contributed by atoms with van der Waals surface area (Å²) in [7, 11) is 0. The Morgan fingerprint density at radius 3 is 2.42 bits per heavy atom. The van der Waals surface area contributed by atoms with Gasteiger partial charge >= 0.3 is 0 Å². The Kier molecular flexibility index (Phi) is 5.55. The highest BCUT2D eigenvalue weighted by molar-refractivity contribution is 7.18. The van der Waals surface area contributed by atoms with Crippen LogP contribution in [0.25, 0.3) is 10.2 Å². The number of carbonyl (C=O) groups is 3. The number of hydrogen-bond acceptors (Lipinski definition) is 6. The van der Waals surface area contributed by atoms with Gasteiger partial charge in [-0.15, -0.1) is 11.3 Å². The van der Waals surface area contributed by atoms with Gasteiger partial charge in [0.2, 0.25) is 17.7 Å². The van der Waals surface area contributed by atoms with Crippen LogP contribution in [0.5, 0.6) is 0 Å². The lowest BCUT2D eigenvalue weighted by atomic mass is 9.97. The average molecular weight is 439 g/mol. The van der Waals surface area contributed by atoms with E-state index in [1.165, 1.54) is 23.1 Å². The summed E-state index contributed by atoms with van der Waals surface area (Å²) in [5.74, 6) is -1.42. The fourth-order valence-electron chi connectivity index (χ4n) is 3.77. The maximum absolute atomic E-state index is 12.6. The van der Waals surface area contributed by atoms with Crippen molar-refractivity contribution in [1.82, 2.24) is 9.97 Å². The van der Waals surface area contributed by atoms with Crippen molar-refractivity contribution >= 4 is 45.0 Å². The first kappa shape index (κ1) is 20.7. The molecule has 31 heavy (non-hydrogen) atoms. The largest absolute Gasteiger partial charge is 0.366 e. The molecular weight excluding hydrogens is 418 g/mol. The van der Waals surface area contributed by atoms with Crippen LogP contribution in [-0.2, 0) is 24.1 Å². The maximum Gasteiger partial charge on any atom is 0.259 e. The number of nitrogens with one attached hydrogen (secondary N) is 2. The van der Waals surface area contributed by atoms with Gasteiger partial charge in [0.25, 0.3) is 5.56 Å². The Bertz CT molecular complexity index is 1240. The molecule has 0 atom stereocenters. The first-order chi connectivity index (χ1) is 14.8. The molecule has 0 saturated carbocycles. The molecule has 0 saturated heterocycles. The molecule has 1 aromatic carbocycles. The summed E-state index contributed by atoms with van der Waals surface area (Å²) >= 11 is 1.55. The Balaban J connectivity index is 1.49. The predicted octanol–water partition coefficient (Wildman–Crippen LogP) is 1.63. The van der Waals surface area contributed by atoms with Crippen LogP contribution in [0.1, 0.15) is 56.2 Å². The zero-order valence-corrected chi connectivity index (χ0v) is 17.4. The van der Waals surface area contributed by atoms with E-state index in [0.29, 0.717) is 16.0 Å². The zero-order valence-electron chi connectivity index (χ0n) is 16.6. The van der Waals surface area contributed by atoms with E-state index in [1.54, 1.807) is 11.3 Å². The van der Waals surface area contributed by atoms with Crippen LogP contribution < -0.4 is 22.3 Å². The van der Waals surface area contributed by atoms with Crippen molar-refractivity contribution in [1.29, 1.82) is 0 Å². The van der Waals surface area contributed by atoms with E-state index >= 15 is 0 Å². The first-order valence-electron chi connectivity index (χ1n) is 9.90. The molecule has 0 fully saturated rings. The summed E-state index contributed by atoms with van der Waals surface area (Å²) in [6, 6.07) is 4.01. The van der Waals surface area contributed by atoms with Gasteiger partial charge in [-0.25, -0.2) is 4.98 Å². The van der Waals surface area contributed by atoms with Gasteiger partial charge in [0.05, 0.1) is 5.39 Å². The molecule has 1 aliphatic rings. The zero-order chi connectivity index (χ0) is 22.1. The Labute approximate surface area is 180 Å². The van der Waals surface area contributed by atoms with Crippen molar-refractivity contribution in [2.75, 3.05) is 5.32 Å². The van der Waals surface area contributed by atoms with E-state index in [4.69, 9.17) is 11.5 Å². The number of aryl methyl sites for hydroxylation is 3. The third-order valence-electron chi connectivity index (χ3n) is 5.25. The highest BCUT2D eigenvalue weighted by Crippen LogP contribution is 2.33. The van der Waals surface area contributed by atoms with Crippen LogP contribution in [0, 0.1) is 0 Å². The second kappa shape index (κ2) is 8.31. The second-order valence-corrected chi connectivity index (χ2v) is 8.56. The summed E-state index contributed by atoms with van der Waals surface area (Å²) in [4.78, 5) is 57.2. The van der Waals surface area contributed by atoms with E-state index in [2.05, 4.69) is 15.3 Å². The number of carbonyl (C=O) groups excluding carboxylic acids is 3. The first-order valence-corrected chi connectivity index (χ1v) is 10.7. The maximum atomic E-state index is 12.6. The van der Waals surface area contributed by atoms with Crippen molar-refractivity contribution in [2.24, 2.45) is 11.5 Å². The molecule has 3 amide bonds. The van der Waals surface area contributed by atoms with Gasteiger partial charge in [-0.3, -0.25) is 19.2 Å². The van der Waals surface area contributed by atoms with Crippen molar-refractivity contribution in [2.45, 2.75) is 38.5 Å². The van der Waals surface area contributed by atoms with Crippen LogP contribution in [0.4, 0.5) is 5.69 Å². The molecular formula is C21H21N5O4S. The minimum Gasteiger partial charge on any atom is -0.366 e. The van der Waals surface area contributed by atoms with Gasteiger partial charge in [-0.05, 0) is 49.4 Å². The number of aromatic nitrogens is 2. The third-order valence-corrected chi connectivity index (χ3v) is 6.43. The highest BCUT2D eigenvalue weighted by atomic mass is 32.1. The van der Waals surface area contributed by atoms with E-state index in [-0.39, 0.29) is 41.1 Å². The molecule has 1 aliphatic carbocycles. The molecule has 9 nitrogen and oxygen atoms in total. The Morgan fingerprint density at radius 2 is 1.74 bits per heavy atom. The normalized spacial score (nSPS) is 13.0. The van der Waals surface area contributed by atoms with E-state index in [0.717, 1.165) is 31.2 Å². The van der Waals surface area contributed by atoms with Crippen molar-refractivity contribution in [3.63, 3.8) is 0 Å². The lowest BCUT2D eigenvalue weighted by molar-refractivity contribution is -0.116. The predicted molar refractivity (Wildman–Crippen MR) is 117 cm³/mol. The van der Waals surface area contributed by atoms with Gasteiger partial charge in [-0.2, -0.15) is 0 Å². The summed E-state index contributed by atoms with van der Waals surface area (Å²) in [5.41, 5.74) is 11.8. The van der Waals surface area contributed by atoms with Gasteiger partial charge < -0.3 is 21.8 Å². The second-order valence-electron chi connectivity index (χ2n) is 7.48. The summed E-state index contributed by atoms with van der Waals surface area (Å²) in [6.45, 7) is 0. The summed E-state index contributed by atoms with van der Waals surface area (Å²) in [5, 5.41) is 3.30. The minimum absolute atomic E-state index is 0.0479. The number of benzene rings is 1. The van der Waals surface area contributed by atoms with Crippen LogP contribution in [0.2, 0.25) is 0 Å². The Hall–Kier alpha value is -3.53. The molecule has 2 heterocycles. The number of nitrogens with zero attached hydrogens (tertiary/aromatic N) is 1. The fourth-order valence-corrected chi connectivity index (χ4v) is 5.05. The van der Waals surface area contributed by atoms with Crippen molar-refractivity contribution in [3.8, 4) is 0 Å². The minimum atomic E-state index is -0.743. The summed E-state index contributed by atoms with van der Waals surface area (Å²) in [6.07, 6.45) is 4.36. The number of nitrogens with two attached hydrogens (primary N) is 2. The number of rotatable bonds is 6. The molecule has 0 spiro atoms. The lowest BCUT2D eigenvalue weighted by Crippen LogP contribution is -2.19. The van der Waals surface area contributed by atoms with Gasteiger partial charge in [0, 0.05) is 34.5 Å². The number of hydrogen-bond donors (Lipinski definition) is 4. The molecule has 0 bridgehead atoms. The number of H-pyrrole nitrogens is 1. The Morgan fingerprint density at radius 1 is 1.06 bits per heavy atom. The molecule has 2 aromatic heterocycles. The monoisotopic (exact) mass is 439 g/mol. The van der Waals surface area contributed by atoms with E-state index in [1.807, 2.05) is 0 Å². The van der Waals surface area contributed by atoms with Gasteiger partial charge in [0.1, 0.15) is 10.7 Å². The third kappa shape index (κ3) is 4.33. The lowest BCUT2D eigenvalue weighted by Gasteiger charge is -2.09. The summed E-state index contributed by atoms with van der Waals surface area (Å²) < 4.78 is 0.